The number of H-pyrrole nitrogens is 2. The third kappa shape index (κ3) is 5.91. The lowest BCUT2D eigenvalue weighted by molar-refractivity contribution is -0.132. The number of fused-ring (bicyclic) bond motifs is 1. The number of benzene rings is 1. The van der Waals surface area contributed by atoms with Crippen molar-refractivity contribution >= 4 is 28.8 Å². The van der Waals surface area contributed by atoms with E-state index in [9.17, 15) is 19.5 Å². The number of nitrogens with one attached hydrogen (secondary N) is 2. The topological polar surface area (TPSA) is 148 Å². The smallest absolute Gasteiger partial charge is 0.356 e. The number of rotatable bonds is 8. The number of carboxylic acids is 1. The van der Waals surface area contributed by atoms with Gasteiger partial charge in [0, 0.05) is 42.3 Å². The van der Waals surface area contributed by atoms with Crippen LogP contribution in [0.25, 0.3) is 10.9 Å². The number of amides is 3. The fraction of sp³-hybridized carbons (Fsp3) is 0.500. The maximum Gasteiger partial charge on any atom is 0.356 e. The SMILES string of the molecule is Cc1[nH]c([C@@H](Cc2c[nH]c3ccccc23)N(C(=O)[C@@H](N)CC(C)C)C(=O)N2CCCCCC2)nc1C(=O)O. The van der Waals surface area contributed by atoms with Crippen molar-refractivity contribution in [1.29, 1.82) is 0 Å². The van der Waals surface area contributed by atoms with Gasteiger partial charge in [-0.25, -0.2) is 14.6 Å². The van der Waals surface area contributed by atoms with E-state index in [2.05, 4.69) is 15.0 Å². The number of para-hydroxylation sites is 1. The van der Waals surface area contributed by atoms with Crippen molar-refractivity contribution in [2.24, 2.45) is 11.7 Å². The molecule has 0 aliphatic carbocycles. The van der Waals surface area contributed by atoms with E-state index in [1.54, 1.807) is 11.8 Å². The molecule has 2 aromatic heterocycles. The average molecular weight is 523 g/mol. The molecular weight excluding hydrogens is 484 g/mol. The molecule has 1 aliphatic rings. The Morgan fingerprint density at radius 3 is 2.45 bits per heavy atom. The van der Waals surface area contributed by atoms with Crippen molar-refractivity contribution in [2.45, 2.75) is 71.4 Å². The summed E-state index contributed by atoms with van der Waals surface area (Å²) in [4.78, 5) is 53.6. The zero-order chi connectivity index (χ0) is 27.4. The zero-order valence-corrected chi connectivity index (χ0v) is 22.4. The summed E-state index contributed by atoms with van der Waals surface area (Å²) in [5.41, 5.74) is 8.42. The Kier molecular flexibility index (Phi) is 8.51. The Bertz CT molecular complexity index is 1290. The highest BCUT2D eigenvalue weighted by molar-refractivity contribution is 5.98. The fourth-order valence-electron chi connectivity index (χ4n) is 5.25. The first-order valence-electron chi connectivity index (χ1n) is 13.4. The minimum absolute atomic E-state index is 0.134. The van der Waals surface area contributed by atoms with Crippen LogP contribution in [0.2, 0.25) is 0 Å². The molecule has 1 aliphatic heterocycles. The van der Waals surface area contributed by atoms with Crippen molar-refractivity contribution in [2.75, 3.05) is 13.1 Å². The number of likely N-dealkylation sites (tertiary alicyclic amines) is 1. The van der Waals surface area contributed by atoms with Gasteiger partial charge in [0.05, 0.1) is 6.04 Å². The van der Waals surface area contributed by atoms with Gasteiger partial charge >= 0.3 is 12.0 Å². The van der Waals surface area contributed by atoms with Gasteiger partial charge in [0.15, 0.2) is 5.69 Å². The summed E-state index contributed by atoms with van der Waals surface area (Å²) in [6.07, 6.45) is 6.31. The third-order valence-corrected chi connectivity index (χ3v) is 7.18. The van der Waals surface area contributed by atoms with E-state index in [-0.39, 0.29) is 23.9 Å². The summed E-state index contributed by atoms with van der Waals surface area (Å²) in [6.45, 7) is 6.69. The van der Waals surface area contributed by atoms with Crippen LogP contribution in [0.3, 0.4) is 0 Å². The molecule has 1 fully saturated rings. The first kappa shape index (κ1) is 27.4. The number of imide groups is 1. The molecule has 0 unspecified atom stereocenters. The average Bonchev–Trinajstić information content (AvgIpc) is 3.35. The number of hydrogen-bond acceptors (Lipinski definition) is 5. The third-order valence-electron chi connectivity index (χ3n) is 7.18. The number of hydrogen-bond donors (Lipinski definition) is 4. The molecule has 4 rings (SSSR count). The number of aromatic amines is 2. The predicted octanol–water partition coefficient (Wildman–Crippen LogP) is 4.38. The van der Waals surface area contributed by atoms with E-state index in [4.69, 9.17) is 5.73 Å². The van der Waals surface area contributed by atoms with Gasteiger partial charge in [0.2, 0.25) is 5.91 Å². The van der Waals surface area contributed by atoms with Gasteiger partial charge < -0.3 is 25.7 Å². The molecule has 10 nitrogen and oxygen atoms in total. The number of aromatic nitrogens is 3. The molecule has 0 radical (unpaired) electrons. The summed E-state index contributed by atoms with van der Waals surface area (Å²) in [6, 6.07) is 5.62. The lowest BCUT2D eigenvalue weighted by Gasteiger charge is -2.35. The van der Waals surface area contributed by atoms with E-state index < -0.39 is 30.0 Å². The van der Waals surface area contributed by atoms with E-state index in [1.165, 1.54) is 4.90 Å². The summed E-state index contributed by atoms with van der Waals surface area (Å²) in [7, 11) is 0. The first-order chi connectivity index (χ1) is 18.2. The van der Waals surface area contributed by atoms with Crippen LogP contribution in [-0.2, 0) is 11.2 Å². The van der Waals surface area contributed by atoms with E-state index in [0.717, 1.165) is 42.1 Å². The van der Waals surface area contributed by atoms with Gasteiger partial charge in [-0.2, -0.15) is 0 Å². The zero-order valence-electron chi connectivity index (χ0n) is 22.4. The van der Waals surface area contributed by atoms with Crippen molar-refractivity contribution < 1.29 is 19.5 Å². The van der Waals surface area contributed by atoms with E-state index >= 15 is 0 Å². The molecule has 5 N–H and O–H groups in total. The Hall–Kier alpha value is -3.66. The second-order valence-corrected chi connectivity index (χ2v) is 10.6. The summed E-state index contributed by atoms with van der Waals surface area (Å²) < 4.78 is 0. The molecule has 3 aromatic rings. The Morgan fingerprint density at radius 1 is 1.13 bits per heavy atom. The minimum atomic E-state index is -1.18. The normalized spacial score (nSPS) is 15.9. The summed E-state index contributed by atoms with van der Waals surface area (Å²) in [5, 5.41) is 10.6. The number of aromatic carboxylic acids is 1. The van der Waals surface area contributed by atoms with Crippen LogP contribution in [-0.4, -0.2) is 66.9 Å². The number of urea groups is 1. The monoisotopic (exact) mass is 522 g/mol. The van der Waals surface area contributed by atoms with Crippen molar-refractivity contribution in [3.63, 3.8) is 0 Å². The molecule has 1 aromatic carbocycles. The van der Waals surface area contributed by atoms with Gasteiger partial charge in [0.25, 0.3) is 0 Å². The number of nitrogens with two attached hydrogens (primary N) is 1. The number of carbonyl (C=O) groups excluding carboxylic acids is 2. The number of aryl methyl sites for hydroxylation is 1. The highest BCUT2D eigenvalue weighted by Gasteiger charge is 2.39. The lowest BCUT2D eigenvalue weighted by Crippen LogP contribution is -2.54. The molecule has 0 spiro atoms. The molecule has 204 valence electrons. The van der Waals surface area contributed by atoms with Gasteiger partial charge in [-0.15, -0.1) is 0 Å². The van der Waals surface area contributed by atoms with Crippen LogP contribution >= 0.6 is 0 Å². The molecule has 38 heavy (non-hydrogen) atoms. The van der Waals surface area contributed by atoms with Gasteiger partial charge in [-0.3, -0.25) is 9.69 Å². The molecule has 1 saturated heterocycles. The Balaban J connectivity index is 1.83. The quantitative estimate of drug-likeness (QED) is 0.345. The number of carbonyl (C=O) groups is 3. The lowest BCUT2D eigenvalue weighted by atomic mass is 9.99. The highest BCUT2D eigenvalue weighted by atomic mass is 16.4. The molecule has 3 amide bonds. The van der Waals surface area contributed by atoms with Gasteiger partial charge in [0.1, 0.15) is 11.9 Å². The molecule has 2 atom stereocenters. The molecule has 0 saturated carbocycles. The van der Waals surface area contributed by atoms with Crippen molar-refractivity contribution in [3.8, 4) is 0 Å². The van der Waals surface area contributed by atoms with Crippen LogP contribution < -0.4 is 5.73 Å². The van der Waals surface area contributed by atoms with Crippen LogP contribution in [0.1, 0.15) is 79.6 Å². The molecule has 0 bridgehead atoms. The van der Waals surface area contributed by atoms with Crippen LogP contribution in [0, 0.1) is 12.8 Å². The van der Waals surface area contributed by atoms with Crippen molar-refractivity contribution in [3.05, 3.63) is 53.2 Å². The number of carboxylic acid groups (broad SMARTS) is 1. The van der Waals surface area contributed by atoms with Crippen LogP contribution in [0.15, 0.2) is 30.5 Å². The predicted molar refractivity (Wildman–Crippen MR) is 145 cm³/mol. The number of nitrogens with zero attached hydrogens (tertiary/aromatic N) is 3. The van der Waals surface area contributed by atoms with E-state index in [1.807, 2.05) is 44.3 Å². The first-order valence-corrected chi connectivity index (χ1v) is 13.4. The maximum absolute atomic E-state index is 14.1. The Labute approximate surface area is 222 Å². The highest BCUT2D eigenvalue weighted by Crippen LogP contribution is 2.31. The van der Waals surface area contributed by atoms with E-state index in [0.29, 0.717) is 25.2 Å². The van der Waals surface area contributed by atoms with Gasteiger partial charge in [-0.1, -0.05) is 44.9 Å². The molecular formula is C28H38N6O4. The second kappa shape index (κ2) is 11.8. The summed E-state index contributed by atoms with van der Waals surface area (Å²) in [5.74, 6) is -1.26. The van der Waals surface area contributed by atoms with Crippen molar-refractivity contribution in [1.82, 2.24) is 24.8 Å². The second-order valence-electron chi connectivity index (χ2n) is 10.6. The van der Waals surface area contributed by atoms with Crippen LogP contribution in [0.4, 0.5) is 4.79 Å². The molecule has 3 heterocycles. The number of imidazole rings is 1. The summed E-state index contributed by atoms with van der Waals surface area (Å²) >= 11 is 0. The van der Waals surface area contributed by atoms with Crippen LogP contribution in [0.5, 0.6) is 0 Å². The minimum Gasteiger partial charge on any atom is -0.476 e. The maximum atomic E-state index is 14.1. The standard InChI is InChI=1S/C28H38N6O4/c1-17(2)14-21(29)26(35)34(28(38)33-12-8-4-5-9-13-33)23(25-31-18(3)24(32-25)27(36)37)15-19-16-30-22-11-7-6-10-20(19)22/h6-7,10-11,16-17,21,23,30H,4-5,8-9,12-15,29H2,1-3H3,(H,31,32)(H,36,37)/t21-,23+/m0/s1. The van der Waals surface area contributed by atoms with Gasteiger partial charge in [-0.05, 0) is 43.7 Å². The Morgan fingerprint density at radius 2 is 1.82 bits per heavy atom. The largest absolute Gasteiger partial charge is 0.476 e. The molecule has 10 heteroatoms. The fourth-order valence-corrected chi connectivity index (χ4v) is 5.25.